The van der Waals surface area contributed by atoms with E-state index in [9.17, 15) is 32.5 Å². The van der Waals surface area contributed by atoms with Gasteiger partial charge in [-0.05, 0) is 18.6 Å². The summed E-state index contributed by atoms with van der Waals surface area (Å²) < 4.78 is 50.2. The molecule has 1 N–H and O–H groups in total. The summed E-state index contributed by atoms with van der Waals surface area (Å²) in [5.74, 6) is -3.67. The maximum atomic E-state index is 13.5. The molecule has 5 nitrogen and oxygen atoms in total. The van der Waals surface area contributed by atoms with Crippen molar-refractivity contribution in [3.63, 3.8) is 0 Å². The van der Waals surface area contributed by atoms with Gasteiger partial charge in [-0.15, -0.1) is 0 Å². The molecule has 116 valence electrons. The van der Waals surface area contributed by atoms with Gasteiger partial charge in [0.05, 0.1) is 15.9 Å². The molecule has 2 atom stereocenters. The highest BCUT2D eigenvalue weighted by Gasteiger charge is 2.27. The van der Waals surface area contributed by atoms with Crippen molar-refractivity contribution in [2.45, 2.75) is 25.6 Å². The standard InChI is InChI=1S/C11H9ClF4N2O3/c1-4(11(19)17-10(16)9(14)15)5-2-7(13)8(18(20)21)3-6(5)12/h2-4,9-10H,1H3,(H,17,19). The molecule has 0 saturated heterocycles. The van der Waals surface area contributed by atoms with Crippen molar-refractivity contribution in [3.05, 3.63) is 38.7 Å². The number of nitrogens with one attached hydrogen (secondary N) is 1. The number of hydrogen-bond donors (Lipinski definition) is 1. The SMILES string of the molecule is CC(C(=O)NC(F)C(F)F)c1cc(F)c([N+](=O)[O-])cc1Cl. The van der Waals surface area contributed by atoms with Crippen molar-refractivity contribution < 1.29 is 27.3 Å². The fraction of sp³-hybridized carbons (Fsp3) is 0.364. The molecule has 0 radical (unpaired) electrons. The molecule has 1 rings (SSSR count). The minimum Gasteiger partial charge on any atom is -0.321 e. The minimum absolute atomic E-state index is 0.182. The molecule has 0 fully saturated rings. The molecule has 0 spiro atoms. The molecule has 0 aliphatic carbocycles. The van der Waals surface area contributed by atoms with E-state index in [1.54, 1.807) is 0 Å². The van der Waals surface area contributed by atoms with Crippen LogP contribution >= 0.6 is 11.6 Å². The van der Waals surface area contributed by atoms with Crippen molar-refractivity contribution >= 4 is 23.2 Å². The number of nitrogens with zero attached hydrogens (tertiary/aromatic N) is 1. The Morgan fingerprint density at radius 3 is 2.43 bits per heavy atom. The van der Waals surface area contributed by atoms with Gasteiger partial charge in [-0.1, -0.05) is 11.6 Å². The third-order valence-corrected chi connectivity index (χ3v) is 2.95. The maximum absolute atomic E-state index is 13.5. The molecular formula is C11H9ClF4N2O3. The zero-order chi connectivity index (χ0) is 16.3. The maximum Gasteiger partial charge on any atom is 0.306 e. The van der Waals surface area contributed by atoms with Gasteiger partial charge in [-0.3, -0.25) is 14.9 Å². The van der Waals surface area contributed by atoms with Gasteiger partial charge in [0, 0.05) is 6.07 Å². The first kappa shape index (κ1) is 17.2. The summed E-state index contributed by atoms with van der Waals surface area (Å²) in [6.07, 6.45) is -6.29. The number of alkyl halides is 3. The number of carbonyl (C=O) groups is 1. The van der Waals surface area contributed by atoms with Crippen LogP contribution in [0.4, 0.5) is 23.2 Å². The molecule has 0 heterocycles. The van der Waals surface area contributed by atoms with Crippen LogP contribution in [0, 0.1) is 15.9 Å². The van der Waals surface area contributed by atoms with Gasteiger partial charge in [0.2, 0.25) is 18.0 Å². The predicted molar refractivity (Wildman–Crippen MR) is 65.5 cm³/mol. The third kappa shape index (κ3) is 4.03. The van der Waals surface area contributed by atoms with Gasteiger partial charge in [-0.2, -0.15) is 4.39 Å². The van der Waals surface area contributed by atoms with Crippen LogP contribution in [0.3, 0.4) is 0 Å². The number of nitro benzene ring substituents is 1. The van der Waals surface area contributed by atoms with Gasteiger partial charge in [0.15, 0.2) is 0 Å². The van der Waals surface area contributed by atoms with E-state index in [1.807, 2.05) is 0 Å². The summed E-state index contributed by atoms with van der Waals surface area (Å²) in [5, 5.41) is 11.6. The second kappa shape index (κ2) is 6.70. The topological polar surface area (TPSA) is 72.2 Å². The zero-order valence-corrected chi connectivity index (χ0v) is 11.2. The Hall–Kier alpha value is -1.90. The number of amides is 1. The second-order valence-corrected chi connectivity index (χ2v) is 4.46. The summed E-state index contributed by atoms with van der Waals surface area (Å²) in [4.78, 5) is 21.0. The van der Waals surface area contributed by atoms with E-state index in [0.717, 1.165) is 0 Å². The van der Waals surface area contributed by atoms with E-state index in [-0.39, 0.29) is 10.6 Å². The first-order valence-electron chi connectivity index (χ1n) is 5.51. The molecular weight excluding hydrogens is 320 g/mol. The third-order valence-electron chi connectivity index (χ3n) is 2.62. The molecule has 0 bridgehead atoms. The van der Waals surface area contributed by atoms with Crippen LogP contribution in [0.25, 0.3) is 0 Å². The average Bonchev–Trinajstić information content (AvgIpc) is 2.39. The average molecular weight is 329 g/mol. The summed E-state index contributed by atoms with van der Waals surface area (Å²) in [6, 6.07) is 1.33. The first-order chi connectivity index (χ1) is 9.65. The Morgan fingerprint density at radius 2 is 1.95 bits per heavy atom. The van der Waals surface area contributed by atoms with Gasteiger partial charge in [0.1, 0.15) is 0 Å². The van der Waals surface area contributed by atoms with Crippen LogP contribution in [0.1, 0.15) is 18.4 Å². The van der Waals surface area contributed by atoms with E-state index in [0.29, 0.717) is 12.1 Å². The smallest absolute Gasteiger partial charge is 0.306 e. The van der Waals surface area contributed by atoms with Gasteiger partial charge < -0.3 is 5.32 Å². The Kier molecular flexibility index (Phi) is 5.47. The van der Waals surface area contributed by atoms with Crippen molar-refractivity contribution in [3.8, 4) is 0 Å². The number of carbonyl (C=O) groups excluding carboxylic acids is 1. The Morgan fingerprint density at radius 1 is 1.38 bits per heavy atom. The Labute approximate surface area is 121 Å². The second-order valence-electron chi connectivity index (χ2n) is 4.05. The van der Waals surface area contributed by atoms with Crippen LogP contribution in [0.2, 0.25) is 5.02 Å². The van der Waals surface area contributed by atoms with Crippen LogP contribution in [0.15, 0.2) is 12.1 Å². The summed E-state index contributed by atoms with van der Waals surface area (Å²) in [7, 11) is 0. The number of nitro groups is 1. The lowest BCUT2D eigenvalue weighted by atomic mass is 9.99. The van der Waals surface area contributed by atoms with Gasteiger partial charge in [0.25, 0.3) is 6.43 Å². The molecule has 1 amide bonds. The fourth-order valence-corrected chi connectivity index (χ4v) is 1.81. The van der Waals surface area contributed by atoms with Crippen LogP contribution < -0.4 is 5.32 Å². The summed E-state index contributed by atoms with van der Waals surface area (Å²) in [6.45, 7) is 1.17. The monoisotopic (exact) mass is 328 g/mol. The van der Waals surface area contributed by atoms with E-state index in [2.05, 4.69) is 0 Å². The van der Waals surface area contributed by atoms with Crippen molar-refractivity contribution in [2.24, 2.45) is 0 Å². The minimum atomic E-state index is -3.41. The van der Waals surface area contributed by atoms with Crippen LogP contribution in [-0.2, 0) is 4.79 Å². The number of halogens is 5. The van der Waals surface area contributed by atoms with Crippen molar-refractivity contribution in [1.82, 2.24) is 5.32 Å². The molecule has 1 aromatic rings. The normalized spacial score (nSPS) is 13.9. The highest BCUT2D eigenvalue weighted by Crippen LogP contribution is 2.31. The van der Waals surface area contributed by atoms with Crippen molar-refractivity contribution in [1.29, 1.82) is 0 Å². The van der Waals surface area contributed by atoms with Crippen LogP contribution in [0.5, 0.6) is 0 Å². The first-order valence-corrected chi connectivity index (χ1v) is 5.88. The largest absolute Gasteiger partial charge is 0.321 e. The molecule has 0 saturated carbocycles. The molecule has 1 aromatic carbocycles. The molecule has 2 unspecified atom stereocenters. The van der Waals surface area contributed by atoms with Crippen molar-refractivity contribution in [2.75, 3.05) is 0 Å². The van der Waals surface area contributed by atoms with Gasteiger partial charge in [-0.25, -0.2) is 13.2 Å². The molecule has 0 aliphatic rings. The quantitative estimate of drug-likeness (QED) is 0.390. The number of rotatable bonds is 5. The summed E-state index contributed by atoms with van der Waals surface area (Å²) >= 11 is 5.69. The summed E-state index contributed by atoms with van der Waals surface area (Å²) in [5.41, 5.74) is -1.08. The Bertz CT molecular complexity index is 571. The van der Waals surface area contributed by atoms with E-state index < -0.39 is 41.0 Å². The van der Waals surface area contributed by atoms with E-state index in [4.69, 9.17) is 11.6 Å². The Balaban J connectivity index is 3.02. The van der Waals surface area contributed by atoms with Gasteiger partial charge >= 0.3 is 5.69 Å². The molecule has 0 aromatic heterocycles. The van der Waals surface area contributed by atoms with E-state index >= 15 is 0 Å². The molecule has 0 aliphatic heterocycles. The lowest BCUT2D eigenvalue weighted by Crippen LogP contribution is -2.38. The predicted octanol–water partition coefficient (Wildman–Crippen LogP) is 3.17. The molecule has 21 heavy (non-hydrogen) atoms. The van der Waals surface area contributed by atoms with E-state index in [1.165, 1.54) is 12.2 Å². The number of benzene rings is 1. The molecule has 10 heteroatoms. The van der Waals surface area contributed by atoms with Crippen LogP contribution in [-0.4, -0.2) is 23.6 Å². The number of hydrogen-bond acceptors (Lipinski definition) is 3. The lowest BCUT2D eigenvalue weighted by Gasteiger charge is -2.16. The highest BCUT2D eigenvalue weighted by molar-refractivity contribution is 6.31. The highest BCUT2D eigenvalue weighted by atomic mass is 35.5. The fourth-order valence-electron chi connectivity index (χ4n) is 1.49. The lowest BCUT2D eigenvalue weighted by molar-refractivity contribution is -0.387. The zero-order valence-electron chi connectivity index (χ0n) is 10.4.